The molecule has 0 bridgehead atoms. The normalized spacial score (nSPS) is 15.8. The summed E-state index contributed by atoms with van der Waals surface area (Å²) >= 11 is 0. The molecule has 0 saturated carbocycles. The van der Waals surface area contributed by atoms with Crippen LogP contribution in [0.2, 0.25) is 0 Å². The molecule has 2 rings (SSSR count). The molecule has 1 aromatic rings. The van der Waals surface area contributed by atoms with E-state index in [0.717, 1.165) is 5.56 Å². The van der Waals surface area contributed by atoms with E-state index in [0.29, 0.717) is 38.5 Å². The van der Waals surface area contributed by atoms with E-state index in [1.54, 1.807) is 18.1 Å². The molecular formula is C16H26Cl2FN3O3. The van der Waals surface area contributed by atoms with E-state index in [1.165, 1.54) is 19.2 Å². The Hall–Kier alpha value is -1.12. The van der Waals surface area contributed by atoms with Crippen LogP contribution in [-0.4, -0.2) is 68.8 Å². The standard InChI is InChI=1S/C16H24FN3O3.2ClH/c1-22-11-14(18)16(21)20-7-5-19(6-8-20)10-12-9-13(17)3-4-15(12)23-2;;/h3-4,9,14H,5-8,10-11,18H2,1-2H3;2*1H. The lowest BCUT2D eigenvalue weighted by molar-refractivity contribution is -0.135. The molecule has 0 aromatic heterocycles. The second-order valence-electron chi connectivity index (χ2n) is 5.62. The highest BCUT2D eigenvalue weighted by Crippen LogP contribution is 2.21. The number of hydrogen-bond donors (Lipinski definition) is 1. The van der Waals surface area contributed by atoms with Crippen LogP contribution in [0.3, 0.4) is 0 Å². The number of rotatable bonds is 6. The van der Waals surface area contributed by atoms with E-state index in [9.17, 15) is 9.18 Å². The fourth-order valence-corrected chi connectivity index (χ4v) is 2.72. The molecule has 1 aliphatic heterocycles. The molecule has 1 saturated heterocycles. The summed E-state index contributed by atoms with van der Waals surface area (Å²) in [6.07, 6.45) is 0. The minimum absolute atomic E-state index is 0. The van der Waals surface area contributed by atoms with Crippen LogP contribution in [0.25, 0.3) is 0 Å². The number of nitrogens with zero attached hydrogens (tertiary/aromatic N) is 2. The second kappa shape index (κ2) is 11.5. The summed E-state index contributed by atoms with van der Waals surface area (Å²) < 4.78 is 23.6. The highest BCUT2D eigenvalue weighted by molar-refractivity contribution is 5.85. The van der Waals surface area contributed by atoms with Crippen LogP contribution in [0.15, 0.2) is 18.2 Å². The van der Waals surface area contributed by atoms with E-state index in [4.69, 9.17) is 15.2 Å². The molecule has 1 unspecified atom stereocenters. The second-order valence-corrected chi connectivity index (χ2v) is 5.62. The summed E-state index contributed by atoms with van der Waals surface area (Å²) in [7, 11) is 3.10. The van der Waals surface area contributed by atoms with Gasteiger partial charge in [-0.15, -0.1) is 24.8 Å². The summed E-state index contributed by atoms with van der Waals surface area (Å²) in [5.74, 6) is 0.307. The van der Waals surface area contributed by atoms with Gasteiger partial charge in [-0.05, 0) is 18.2 Å². The van der Waals surface area contributed by atoms with Crippen molar-refractivity contribution in [2.45, 2.75) is 12.6 Å². The first-order chi connectivity index (χ1) is 11.0. The quantitative estimate of drug-likeness (QED) is 0.783. The molecule has 1 fully saturated rings. The number of piperazine rings is 1. The van der Waals surface area contributed by atoms with E-state index < -0.39 is 6.04 Å². The lowest BCUT2D eigenvalue weighted by atomic mass is 10.1. The van der Waals surface area contributed by atoms with Gasteiger partial charge in [-0.3, -0.25) is 9.69 Å². The Labute approximate surface area is 160 Å². The lowest BCUT2D eigenvalue weighted by Crippen LogP contribution is -2.53. The van der Waals surface area contributed by atoms with Crippen LogP contribution in [0.1, 0.15) is 5.56 Å². The summed E-state index contributed by atoms with van der Waals surface area (Å²) in [4.78, 5) is 16.1. The Morgan fingerprint density at radius 1 is 1.24 bits per heavy atom. The smallest absolute Gasteiger partial charge is 0.241 e. The zero-order valence-electron chi connectivity index (χ0n) is 14.4. The fourth-order valence-electron chi connectivity index (χ4n) is 2.72. The van der Waals surface area contributed by atoms with Gasteiger partial charge in [-0.2, -0.15) is 0 Å². The van der Waals surface area contributed by atoms with Crippen LogP contribution in [0, 0.1) is 5.82 Å². The molecule has 25 heavy (non-hydrogen) atoms. The molecule has 0 spiro atoms. The summed E-state index contributed by atoms with van der Waals surface area (Å²) in [6, 6.07) is 3.89. The van der Waals surface area contributed by atoms with Crippen LogP contribution in [0.5, 0.6) is 5.75 Å². The average molecular weight is 398 g/mol. The Kier molecular flexibility index (Phi) is 11.0. The number of hydrogen-bond acceptors (Lipinski definition) is 5. The van der Waals surface area contributed by atoms with Crippen molar-refractivity contribution in [3.63, 3.8) is 0 Å². The molecule has 1 atom stereocenters. The highest BCUT2D eigenvalue weighted by Gasteiger charge is 2.25. The molecule has 6 nitrogen and oxygen atoms in total. The number of methoxy groups -OCH3 is 2. The van der Waals surface area contributed by atoms with Crippen LogP contribution in [0.4, 0.5) is 4.39 Å². The third-order valence-corrected chi connectivity index (χ3v) is 3.98. The molecule has 0 aliphatic carbocycles. The van der Waals surface area contributed by atoms with Crippen molar-refractivity contribution >= 4 is 30.7 Å². The zero-order valence-corrected chi connectivity index (χ0v) is 16.1. The van der Waals surface area contributed by atoms with Gasteiger partial charge < -0.3 is 20.1 Å². The van der Waals surface area contributed by atoms with Gasteiger partial charge in [0.05, 0.1) is 13.7 Å². The molecule has 1 heterocycles. The largest absolute Gasteiger partial charge is 0.496 e. The fraction of sp³-hybridized carbons (Fsp3) is 0.562. The van der Waals surface area contributed by atoms with Crippen molar-refractivity contribution in [3.05, 3.63) is 29.6 Å². The first-order valence-corrected chi connectivity index (χ1v) is 7.63. The van der Waals surface area contributed by atoms with Crippen molar-refractivity contribution < 1.29 is 18.7 Å². The van der Waals surface area contributed by atoms with Crippen molar-refractivity contribution in [3.8, 4) is 5.75 Å². The summed E-state index contributed by atoms with van der Waals surface area (Å²) in [5, 5.41) is 0. The van der Waals surface area contributed by atoms with Crippen LogP contribution in [-0.2, 0) is 16.1 Å². The number of carbonyl (C=O) groups is 1. The first-order valence-electron chi connectivity index (χ1n) is 7.63. The predicted octanol–water partition coefficient (Wildman–Crippen LogP) is 1.30. The Morgan fingerprint density at radius 3 is 2.44 bits per heavy atom. The van der Waals surface area contributed by atoms with E-state index in [2.05, 4.69) is 4.90 Å². The average Bonchev–Trinajstić information content (AvgIpc) is 2.55. The number of amides is 1. The molecule has 0 radical (unpaired) electrons. The van der Waals surface area contributed by atoms with E-state index in [-0.39, 0.29) is 43.1 Å². The van der Waals surface area contributed by atoms with Gasteiger partial charge in [0.15, 0.2) is 0 Å². The Bertz CT molecular complexity index is 543. The van der Waals surface area contributed by atoms with Gasteiger partial charge in [-0.1, -0.05) is 0 Å². The van der Waals surface area contributed by atoms with Gasteiger partial charge in [0.1, 0.15) is 17.6 Å². The monoisotopic (exact) mass is 397 g/mol. The molecular weight excluding hydrogens is 372 g/mol. The predicted molar refractivity (Wildman–Crippen MR) is 99.2 cm³/mol. The Balaban J connectivity index is 0.00000288. The first kappa shape index (κ1) is 23.9. The van der Waals surface area contributed by atoms with Crippen LogP contribution >= 0.6 is 24.8 Å². The topological polar surface area (TPSA) is 68.0 Å². The maximum atomic E-state index is 13.4. The number of benzene rings is 1. The van der Waals surface area contributed by atoms with Crippen molar-refractivity contribution in [1.29, 1.82) is 0 Å². The summed E-state index contributed by atoms with van der Waals surface area (Å²) in [5.41, 5.74) is 6.59. The van der Waals surface area contributed by atoms with Crippen molar-refractivity contribution in [1.82, 2.24) is 9.80 Å². The third-order valence-electron chi connectivity index (χ3n) is 3.98. The summed E-state index contributed by atoms with van der Waals surface area (Å²) in [6.45, 7) is 3.45. The molecule has 1 amide bonds. The molecule has 144 valence electrons. The SMILES string of the molecule is COCC(N)C(=O)N1CCN(Cc2cc(F)ccc2OC)CC1.Cl.Cl. The molecule has 1 aliphatic rings. The minimum Gasteiger partial charge on any atom is -0.496 e. The number of ether oxygens (including phenoxy) is 2. The number of halogens is 3. The number of carbonyl (C=O) groups excluding carboxylic acids is 1. The van der Waals surface area contributed by atoms with Gasteiger partial charge in [0.25, 0.3) is 0 Å². The maximum absolute atomic E-state index is 13.4. The minimum atomic E-state index is -0.616. The van der Waals surface area contributed by atoms with E-state index >= 15 is 0 Å². The van der Waals surface area contributed by atoms with Crippen molar-refractivity contribution in [2.75, 3.05) is 47.0 Å². The highest BCUT2D eigenvalue weighted by atomic mass is 35.5. The molecule has 2 N–H and O–H groups in total. The van der Waals surface area contributed by atoms with Gasteiger partial charge in [0, 0.05) is 45.4 Å². The third kappa shape index (κ3) is 6.60. The van der Waals surface area contributed by atoms with Gasteiger partial charge in [-0.25, -0.2) is 4.39 Å². The molecule has 9 heteroatoms. The zero-order chi connectivity index (χ0) is 16.8. The maximum Gasteiger partial charge on any atom is 0.241 e. The van der Waals surface area contributed by atoms with Gasteiger partial charge >= 0.3 is 0 Å². The van der Waals surface area contributed by atoms with Gasteiger partial charge in [0.2, 0.25) is 5.91 Å². The van der Waals surface area contributed by atoms with Crippen molar-refractivity contribution in [2.24, 2.45) is 5.73 Å². The lowest BCUT2D eigenvalue weighted by Gasteiger charge is -2.36. The van der Waals surface area contributed by atoms with Crippen LogP contribution < -0.4 is 10.5 Å². The van der Waals surface area contributed by atoms with E-state index in [1.807, 2.05) is 0 Å². The Morgan fingerprint density at radius 2 is 1.88 bits per heavy atom. The molecule has 1 aromatic carbocycles. The number of nitrogens with two attached hydrogens (primary N) is 1.